The minimum Gasteiger partial charge on any atom is -0.481 e. The summed E-state index contributed by atoms with van der Waals surface area (Å²) < 4.78 is 28.4. The zero-order valence-electron chi connectivity index (χ0n) is 8.19. The van der Waals surface area contributed by atoms with Crippen LogP contribution in [0.15, 0.2) is 23.1 Å². The molecule has 0 amide bonds. The van der Waals surface area contributed by atoms with Gasteiger partial charge >= 0.3 is 12.6 Å². The fourth-order valence-corrected chi connectivity index (χ4v) is 1.44. The second-order valence-corrected chi connectivity index (χ2v) is 3.58. The predicted molar refractivity (Wildman–Crippen MR) is 56.3 cm³/mol. The van der Waals surface area contributed by atoms with Crippen LogP contribution in [0.25, 0.3) is 0 Å². The highest BCUT2D eigenvalue weighted by atomic mass is 32.1. The molecule has 0 atom stereocenters. The van der Waals surface area contributed by atoms with Crippen molar-refractivity contribution in [2.75, 3.05) is 0 Å². The fourth-order valence-electron chi connectivity index (χ4n) is 1.21. The van der Waals surface area contributed by atoms with Gasteiger partial charge in [-0.1, -0.05) is 0 Å². The number of halogens is 2. The van der Waals surface area contributed by atoms with Gasteiger partial charge in [0.15, 0.2) is 0 Å². The first-order valence-corrected chi connectivity index (χ1v) is 4.92. The zero-order valence-corrected chi connectivity index (χ0v) is 9.08. The summed E-state index contributed by atoms with van der Waals surface area (Å²) in [5.74, 6) is -0.999. The van der Waals surface area contributed by atoms with E-state index in [0.717, 1.165) is 0 Å². The average molecular weight is 248 g/mol. The Kier molecular flexibility index (Phi) is 4.54. The second kappa shape index (κ2) is 5.69. The van der Waals surface area contributed by atoms with Crippen LogP contribution >= 0.6 is 12.6 Å². The van der Waals surface area contributed by atoms with Gasteiger partial charge in [0.2, 0.25) is 0 Å². The SMILES string of the molecule is O=C(O)CCc1cc(S)ccc1OC(F)F. The number of hydrogen-bond acceptors (Lipinski definition) is 3. The largest absolute Gasteiger partial charge is 0.481 e. The standard InChI is InChI=1S/C10H10F2O3S/c11-10(12)15-8-3-2-7(16)5-6(8)1-4-9(13)14/h2-3,5,10,16H,1,4H2,(H,13,14). The first-order valence-electron chi connectivity index (χ1n) is 4.47. The van der Waals surface area contributed by atoms with E-state index in [1.54, 1.807) is 0 Å². The molecule has 0 spiro atoms. The van der Waals surface area contributed by atoms with Gasteiger partial charge in [0.25, 0.3) is 0 Å². The Labute approximate surface area is 96.4 Å². The Hall–Kier alpha value is -1.30. The van der Waals surface area contributed by atoms with Crippen molar-refractivity contribution in [3.8, 4) is 5.75 Å². The number of carbonyl (C=O) groups is 1. The number of carboxylic acids is 1. The monoisotopic (exact) mass is 248 g/mol. The molecule has 1 aromatic carbocycles. The van der Waals surface area contributed by atoms with Gasteiger partial charge < -0.3 is 9.84 Å². The maximum atomic E-state index is 12.0. The summed E-state index contributed by atoms with van der Waals surface area (Å²) in [6.07, 6.45) is -0.0113. The molecule has 88 valence electrons. The number of rotatable bonds is 5. The first-order chi connectivity index (χ1) is 7.49. The summed E-state index contributed by atoms with van der Waals surface area (Å²) in [7, 11) is 0. The number of hydrogen-bond donors (Lipinski definition) is 2. The molecule has 0 saturated carbocycles. The summed E-state index contributed by atoms with van der Waals surface area (Å²) in [6, 6.07) is 4.38. The van der Waals surface area contributed by atoms with Crippen LogP contribution in [0.3, 0.4) is 0 Å². The Morgan fingerprint density at radius 2 is 2.19 bits per heavy atom. The minimum atomic E-state index is -2.92. The van der Waals surface area contributed by atoms with Crippen molar-refractivity contribution in [1.29, 1.82) is 0 Å². The molecule has 0 heterocycles. The molecule has 1 rings (SSSR count). The van der Waals surface area contributed by atoms with Gasteiger partial charge in [-0.15, -0.1) is 12.6 Å². The van der Waals surface area contributed by atoms with E-state index in [9.17, 15) is 13.6 Å². The summed E-state index contributed by atoms with van der Waals surface area (Å²) >= 11 is 4.05. The molecular weight excluding hydrogens is 238 g/mol. The molecule has 3 nitrogen and oxygen atoms in total. The van der Waals surface area contributed by atoms with Gasteiger partial charge in [-0.25, -0.2) is 0 Å². The smallest absolute Gasteiger partial charge is 0.387 e. The second-order valence-electron chi connectivity index (χ2n) is 3.06. The first kappa shape index (κ1) is 12.8. The molecule has 0 aromatic heterocycles. The van der Waals surface area contributed by atoms with Crippen LogP contribution in [0.2, 0.25) is 0 Å². The van der Waals surface area contributed by atoms with Crippen LogP contribution in [0.4, 0.5) is 8.78 Å². The van der Waals surface area contributed by atoms with E-state index in [1.165, 1.54) is 18.2 Å². The van der Waals surface area contributed by atoms with E-state index >= 15 is 0 Å². The van der Waals surface area contributed by atoms with Gasteiger partial charge in [-0.3, -0.25) is 4.79 Å². The molecule has 1 aromatic rings. The van der Waals surface area contributed by atoms with Crippen molar-refractivity contribution in [2.24, 2.45) is 0 Å². The molecule has 0 aliphatic rings. The molecule has 0 radical (unpaired) electrons. The zero-order chi connectivity index (χ0) is 12.1. The van der Waals surface area contributed by atoms with E-state index in [1.807, 2.05) is 0 Å². The van der Waals surface area contributed by atoms with Crippen molar-refractivity contribution < 1.29 is 23.4 Å². The van der Waals surface area contributed by atoms with E-state index in [-0.39, 0.29) is 18.6 Å². The Morgan fingerprint density at radius 3 is 2.75 bits per heavy atom. The molecule has 1 N–H and O–H groups in total. The highest BCUT2D eigenvalue weighted by Crippen LogP contribution is 2.24. The van der Waals surface area contributed by atoms with Gasteiger partial charge in [-0.2, -0.15) is 8.78 Å². The van der Waals surface area contributed by atoms with E-state index in [4.69, 9.17) is 5.11 Å². The van der Waals surface area contributed by atoms with Gasteiger partial charge in [0.1, 0.15) is 5.75 Å². The van der Waals surface area contributed by atoms with Crippen LogP contribution in [0.1, 0.15) is 12.0 Å². The minimum absolute atomic E-state index is 0.00551. The molecule has 0 fully saturated rings. The summed E-state index contributed by atoms with van der Waals surface area (Å²) in [4.78, 5) is 11.0. The molecule has 0 aliphatic carbocycles. The summed E-state index contributed by atoms with van der Waals surface area (Å²) in [6.45, 7) is -2.92. The van der Waals surface area contributed by atoms with Crippen molar-refractivity contribution in [3.05, 3.63) is 23.8 Å². The lowest BCUT2D eigenvalue weighted by Gasteiger charge is -2.10. The highest BCUT2D eigenvalue weighted by molar-refractivity contribution is 7.80. The molecule has 16 heavy (non-hydrogen) atoms. The lowest BCUT2D eigenvalue weighted by molar-refractivity contribution is -0.136. The van der Waals surface area contributed by atoms with E-state index in [2.05, 4.69) is 17.4 Å². The molecule has 0 aliphatic heterocycles. The number of aliphatic carboxylic acids is 1. The van der Waals surface area contributed by atoms with Crippen molar-refractivity contribution in [1.82, 2.24) is 0 Å². The summed E-state index contributed by atoms with van der Waals surface area (Å²) in [5, 5.41) is 8.51. The highest BCUT2D eigenvalue weighted by Gasteiger charge is 2.11. The number of aryl methyl sites for hydroxylation is 1. The van der Waals surface area contributed by atoms with Crippen LogP contribution in [-0.2, 0) is 11.2 Å². The third kappa shape index (κ3) is 4.06. The number of ether oxygens (including phenoxy) is 1. The van der Waals surface area contributed by atoms with Crippen LogP contribution in [-0.4, -0.2) is 17.7 Å². The molecule has 6 heteroatoms. The molecule has 0 unspecified atom stereocenters. The quantitative estimate of drug-likeness (QED) is 0.787. The maximum absolute atomic E-state index is 12.0. The topological polar surface area (TPSA) is 46.5 Å². The third-order valence-corrected chi connectivity index (χ3v) is 2.15. The van der Waals surface area contributed by atoms with Gasteiger partial charge in [0.05, 0.1) is 0 Å². The number of carboxylic acid groups (broad SMARTS) is 1. The fraction of sp³-hybridized carbons (Fsp3) is 0.300. The Morgan fingerprint density at radius 1 is 1.50 bits per heavy atom. The number of benzene rings is 1. The molecular formula is C10H10F2O3S. The third-order valence-electron chi connectivity index (χ3n) is 1.87. The normalized spacial score (nSPS) is 10.5. The van der Waals surface area contributed by atoms with Crippen LogP contribution in [0, 0.1) is 0 Å². The average Bonchev–Trinajstić information content (AvgIpc) is 2.17. The number of thiol groups is 1. The van der Waals surface area contributed by atoms with Gasteiger partial charge in [0, 0.05) is 11.3 Å². The van der Waals surface area contributed by atoms with Crippen molar-refractivity contribution >= 4 is 18.6 Å². The Bertz CT molecular complexity index is 382. The predicted octanol–water partition coefficient (Wildman–Crippen LogP) is 2.59. The molecule has 0 bridgehead atoms. The lowest BCUT2D eigenvalue weighted by atomic mass is 10.1. The van der Waals surface area contributed by atoms with E-state index in [0.29, 0.717) is 10.5 Å². The summed E-state index contributed by atoms with van der Waals surface area (Å²) in [5.41, 5.74) is 0.412. The van der Waals surface area contributed by atoms with Crippen LogP contribution < -0.4 is 4.74 Å². The van der Waals surface area contributed by atoms with E-state index < -0.39 is 12.6 Å². The van der Waals surface area contributed by atoms with Crippen LogP contribution in [0.5, 0.6) is 5.75 Å². The lowest BCUT2D eigenvalue weighted by Crippen LogP contribution is -2.06. The van der Waals surface area contributed by atoms with Gasteiger partial charge in [-0.05, 0) is 30.2 Å². The van der Waals surface area contributed by atoms with Crippen molar-refractivity contribution in [2.45, 2.75) is 24.3 Å². The Balaban J connectivity index is 2.84. The maximum Gasteiger partial charge on any atom is 0.387 e. The molecule has 0 saturated heterocycles. The number of alkyl halides is 2. The van der Waals surface area contributed by atoms with Crippen molar-refractivity contribution in [3.63, 3.8) is 0 Å².